The van der Waals surface area contributed by atoms with Crippen molar-refractivity contribution in [2.24, 2.45) is 5.92 Å². The van der Waals surface area contributed by atoms with Gasteiger partial charge in [-0.3, -0.25) is 9.78 Å². The summed E-state index contributed by atoms with van der Waals surface area (Å²) in [7, 11) is 0. The molecule has 25 heavy (non-hydrogen) atoms. The Labute approximate surface area is 144 Å². The van der Waals surface area contributed by atoms with E-state index in [1.54, 1.807) is 18.5 Å². The molecule has 0 radical (unpaired) electrons. The number of hydrogen-bond acceptors (Lipinski definition) is 3. The van der Waals surface area contributed by atoms with Crippen molar-refractivity contribution in [1.82, 2.24) is 15.2 Å². The van der Waals surface area contributed by atoms with Crippen molar-refractivity contribution >= 4 is 5.91 Å². The van der Waals surface area contributed by atoms with Gasteiger partial charge in [0.25, 0.3) is 0 Å². The highest BCUT2D eigenvalue weighted by Gasteiger charge is 2.48. The smallest absolute Gasteiger partial charge is 0.226 e. The Bertz CT molecular complexity index is 783. The fourth-order valence-electron chi connectivity index (χ4n) is 3.67. The van der Waals surface area contributed by atoms with Crippen LogP contribution in [0.2, 0.25) is 0 Å². The molecule has 1 saturated heterocycles. The van der Waals surface area contributed by atoms with Gasteiger partial charge in [0.15, 0.2) is 11.6 Å². The van der Waals surface area contributed by atoms with E-state index in [1.165, 1.54) is 6.07 Å². The van der Waals surface area contributed by atoms with E-state index in [4.69, 9.17) is 0 Å². The molecular weight excluding hydrogens is 324 g/mol. The topological polar surface area (TPSA) is 45.2 Å². The van der Waals surface area contributed by atoms with E-state index in [0.29, 0.717) is 25.1 Å². The number of pyridine rings is 1. The molecule has 1 aliphatic carbocycles. The van der Waals surface area contributed by atoms with Gasteiger partial charge in [0.1, 0.15) is 0 Å². The summed E-state index contributed by atoms with van der Waals surface area (Å²) in [6.07, 6.45) is 4.05. The summed E-state index contributed by atoms with van der Waals surface area (Å²) in [5.41, 5.74) is 1.29. The van der Waals surface area contributed by atoms with E-state index in [-0.39, 0.29) is 23.8 Å². The number of hydrogen-bond donors (Lipinski definition) is 1. The number of rotatable bonds is 3. The van der Waals surface area contributed by atoms with Crippen LogP contribution in [0.4, 0.5) is 8.78 Å². The lowest BCUT2D eigenvalue weighted by Gasteiger charge is -2.36. The van der Waals surface area contributed by atoms with Crippen molar-refractivity contribution in [3.8, 4) is 0 Å². The lowest BCUT2D eigenvalue weighted by molar-refractivity contribution is -0.136. The number of nitrogens with one attached hydrogen (secondary N) is 1. The molecule has 1 aromatic carbocycles. The second-order valence-corrected chi connectivity index (χ2v) is 6.63. The molecule has 0 bridgehead atoms. The van der Waals surface area contributed by atoms with E-state index in [1.807, 2.05) is 17.0 Å². The Balaban J connectivity index is 1.53. The van der Waals surface area contributed by atoms with E-state index < -0.39 is 11.6 Å². The van der Waals surface area contributed by atoms with Gasteiger partial charge in [-0.2, -0.15) is 0 Å². The van der Waals surface area contributed by atoms with E-state index in [9.17, 15) is 13.6 Å². The Hall–Kier alpha value is -2.34. The van der Waals surface area contributed by atoms with Crippen molar-refractivity contribution in [2.45, 2.75) is 18.4 Å². The third-order valence-corrected chi connectivity index (χ3v) is 5.08. The van der Waals surface area contributed by atoms with Gasteiger partial charge in [0.2, 0.25) is 5.91 Å². The minimum Gasteiger partial charge on any atom is -0.333 e. The van der Waals surface area contributed by atoms with Crippen LogP contribution < -0.4 is 5.32 Å². The standard InChI is InChI=1S/C19H19F2N3O/c20-16-5-1-4-13(18(16)21)14-9-15(14)19(25)24-8-7-23-11-17(24)12-3-2-6-22-10-12/h1-6,10,14-15,17,23H,7-9,11H2. The average molecular weight is 343 g/mol. The molecule has 4 rings (SSSR count). The van der Waals surface area contributed by atoms with Gasteiger partial charge in [-0.1, -0.05) is 18.2 Å². The molecule has 6 heteroatoms. The zero-order valence-electron chi connectivity index (χ0n) is 13.7. The fourth-order valence-corrected chi connectivity index (χ4v) is 3.67. The van der Waals surface area contributed by atoms with Crippen LogP contribution >= 0.6 is 0 Å². The number of benzene rings is 1. The highest BCUT2D eigenvalue weighted by Crippen LogP contribution is 2.50. The quantitative estimate of drug-likeness (QED) is 0.932. The molecule has 4 nitrogen and oxygen atoms in total. The van der Waals surface area contributed by atoms with Crippen LogP contribution in [0.1, 0.15) is 29.5 Å². The number of halogens is 2. The molecule has 2 aliphatic rings. The maximum atomic E-state index is 14.0. The first-order valence-corrected chi connectivity index (χ1v) is 8.52. The highest BCUT2D eigenvalue weighted by molar-refractivity contribution is 5.83. The van der Waals surface area contributed by atoms with Crippen LogP contribution in [-0.4, -0.2) is 35.4 Å². The molecule has 3 atom stereocenters. The van der Waals surface area contributed by atoms with Crippen molar-refractivity contribution in [3.63, 3.8) is 0 Å². The minimum absolute atomic E-state index is 0.0176. The summed E-state index contributed by atoms with van der Waals surface area (Å²) in [4.78, 5) is 19.0. The van der Waals surface area contributed by atoms with Crippen LogP contribution in [0.3, 0.4) is 0 Å². The summed E-state index contributed by atoms with van der Waals surface area (Å²) in [5.74, 6) is -2.16. The molecule has 130 valence electrons. The van der Waals surface area contributed by atoms with Gasteiger partial charge in [0, 0.05) is 37.9 Å². The van der Waals surface area contributed by atoms with Crippen molar-refractivity contribution in [3.05, 3.63) is 65.5 Å². The van der Waals surface area contributed by atoms with E-state index >= 15 is 0 Å². The Morgan fingerprint density at radius 3 is 2.92 bits per heavy atom. The zero-order valence-corrected chi connectivity index (χ0v) is 13.7. The van der Waals surface area contributed by atoms with Gasteiger partial charge in [-0.25, -0.2) is 8.78 Å². The first-order valence-electron chi connectivity index (χ1n) is 8.52. The average Bonchev–Trinajstić information content (AvgIpc) is 3.45. The number of carbonyl (C=O) groups excluding carboxylic acids is 1. The number of piperazine rings is 1. The molecule has 1 aliphatic heterocycles. The van der Waals surface area contributed by atoms with Crippen molar-refractivity contribution in [1.29, 1.82) is 0 Å². The zero-order chi connectivity index (χ0) is 17.4. The Kier molecular flexibility index (Phi) is 4.21. The molecule has 1 amide bonds. The second-order valence-electron chi connectivity index (χ2n) is 6.63. The molecule has 3 unspecified atom stereocenters. The first-order chi connectivity index (χ1) is 12.2. The van der Waals surface area contributed by atoms with Gasteiger partial charge in [0.05, 0.1) is 6.04 Å². The van der Waals surface area contributed by atoms with Crippen molar-refractivity contribution in [2.75, 3.05) is 19.6 Å². The van der Waals surface area contributed by atoms with E-state index in [2.05, 4.69) is 10.3 Å². The predicted molar refractivity (Wildman–Crippen MR) is 88.8 cm³/mol. The van der Waals surface area contributed by atoms with Crippen molar-refractivity contribution < 1.29 is 13.6 Å². The summed E-state index contributed by atoms with van der Waals surface area (Å²) in [6.45, 7) is 2.00. The van der Waals surface area contributed by atoms with Crippen LogP contribution in [0.5, 0.6) is 0 Å². The number of nitrogens with zero attached hydrogens (tertiary/aromatic N) is 2. The summed E-state index contributed by atoms with van der Waals surface area (Å²) < 4.78 is 27.4. The molecule has 2 fully saturated rings. The van der Waals surface area contributed by atoms with E-state index in [0.717, 1.165) is 18.2 Å². The minimum atomic E-state index is -0.856. The number of carbonyl (C=O) groups is 1. The van der Waals surface area contributed by atoms with Gasteiger partial charge < -0.3 is 10.2 Å². The van der Waals surface area contributed by atoms with Gasteiger partial charge >= 0.3 is 0 Å². The fraction of sp³-hybridized carbons (Fsp3) is 0.368. The van der Waals surface area contributed by atoms with Gasteiger partial charge in [-0.15, -0.1) is 0 Å². The SMILES string of the molecule is O=C(C1CC1c1cccc(F)c1F)N1CCNCC1c1cccnc1. The van der Waals surface area contributed by atoms with Crippen LogP contribution in [0, 0.1) is 17.6 Å². The molecular formula is C19H19F2N3O. The third kappa shape index (κ3) is 3.02. The number of amides is 1. The molecule has 0 spiro atoms. The monoisotopic (exact) mass is 343 g/mol. The maximum Gasteiger partial charge on any atom is 0.226 e. The van der Waals surface area contributed by atoms with Crippen LogP contribution in [-0.2, 0) is 4.79 Å². The highest BCUT2D eigenvalue weighted by atomic mass is 19.2. The number of aromatic nitrogens is 1. The summed E-state index contributed by atoms with van der Waals surface area (Å²) in [6, 6.07) is 7.92. The molecule has 1 N–H and O–H groups in total. The summed E-state index contributed by atoms with van der Waals surface area (Å²) in [5, 5.41) is 3.31. The third-order valence-electron chi connectivity index (χ3n) is 5.08. The predicted octanol–water partition coefficient (Wildman–Crippen LogP) is 2.64. The summed E-state index contributed by atoms with van der Waals surface area (Å²) >= 11 is 0. The van der Waals surface area contributed by atoms with Crippen LogP contribution in [0.25, 0.3) is 0 Å². The lowest BCUT2D eigenvalue weighted by atomic mass is 10.0. The lowest BCUT2D eigenvalue weighted by Crippen LogP contribution is -2.49. The second kappa shape index (κ2) is 6.52. The Morgan fingerprint density at radius 1 is 1.24 bits per heavy atom. The molecule has 1 saturated carbocycles. The molecule has 2 heterocycles. The molecule has 1 aromatic heterocycles. The Morgan fingerprint density at radius 2 is 2.12 bits per heavy atom. The first kappa shape index (κ1) is 16.1. The van der Waals surface area contributed by atoms with Gasteiger partial charge in [-0.05, 0) is 35.6 Å². The maximum absolute atomic E-state index is 14.0. The normalized spacial score (nSPS) is 25.7. The van der Waals surface area contributed by atoms with Crippen LogP contribution in [0.15, 0.2) is 42.7 Å². The largest absolute Gasteiger partial charge is 0.333 e. The molecule has 2 aromatic rings.